The molecule has 1 aliphatic heterocycles. The molecule has 5 nitrogen and oxygen atoms in total. The molecule has 4 unspecified atom stereocenters. The van der Waals surface area contributed by atoms with Gasteiger partial charge in [-0.2, -0.15) is 0 Å². The van der Waals surface area contributed by atoms with Crippen LogP contribution in [0.1, 0.15) is 42.9 Å². The number of aliphatic hydroxyl groups is 1. The van der Waals surface area contributed by atoms with E-state index >= 15 is 0 Å². The second kappa shape index (κ2) is 6.26. The summed E-state index contributed by atoms with van der Waals surface area (Å²) in [6.45, 7) is 2.40. The average Bonchev–Trinajstić information content (AvgIpc) is 2.50. The van der Waals surface area contributed by atoms with E-state index in [4.69, 9.17) is 9.84 Å². The lowest BCUT2D eigenvalue weighted by Crippen LogP contribution is -2.49. The lowest BCUT2D eigenvalue weighted by Gasteiger charge is -2.36. The Labute approximate surface area is 130 Å². The van der Waals surface area contributed by atoms with Gasteiger partial charge in [0.05, 0.1) is 12.0 Å². The van der Waals surface area contributed by atoms with E-state index in [-0.39, 0.29) is 18.0 Å². The van der Waals surface area contributed by atoms with Gasteiger partial charge in [-0.25, -0.2) is 0 Å². The SMILES string of the molecule is Cc1ccc2c(c1)OCC(NC1CCCC(C(=O)O)C1)C2O. The van der Waals surface area contributed by atoms with E-state index in [1.807, 2.05) is 25.1 Å². The molecule has 3 rings (SSSR count). The number of carboxylic acids is 1. The Morgan fingerprint density at radius 2 is 2.18 bits per heavy atom. The summed E-state index contributed by atoms with van der Waals surface area (Å²) in [7, 11) is 0. The van der Waals surface area contributed by atoms with Crippen LogP contribution in [0.15, 0.2) is 18.2 Å². The first-order valence-corrected chi connectivity index (χ1v) is 7.95. The maximum atomic E-state index is 11.2. The first kappa shape index (κ1) is 15.3. The van der Waals surface area contributed by atoms with Crippen LogP contribution < -0.4 is 10.1 Å². The number of nitrogens with one attached hydrogen (secondary N) is 1. The van der Waals surface area contributed by atoms with Crippen LogP contribution in [0.25, 0.3) is 0 Å². The molecule has 1 fully saturated rings. The quantitative estimate of drug-likeness (QED) is 0.796. The highest BCUT2D eigenvalue weighted by Crippen LogP contribution is 2.34. The highest BCUT2D eigenvalue weighted by Gasteiger charge is 2.33. The Morgan fingerprint density at radius 1 is 1.36 bits per heavy atom. The predicted octanol–water partition coefficient (Wildman–Crippen LogP) is 2.02. The number of aliphatic carboxylic acids is 1. The molecular weight excluding hydrogens is 282 g/mol. The van der Waals surface area contributed by atoms with Gasteiger partial charge in [-0.3, -0.25) is 4.79 Å². The number of benzene rings is 1. The molecule has 3 N–H and O–H groups in total. The number of aliphatic hydroxyl groups excluding tert-OH is 1. The molecule has 0 radical (unpaired) electrons. The number of carboxylic acid groups (broad SMARTS) is 1. The fourth-order valence-electron chi connectivity index (χ4n) is 3.51. The summed E-state index contributed by atoms with van der Waals surface area (Å²) in [6, 6.07) is 5.76. The Hall–Kier alpha value is -1.59. The number of ether oxygens (including phenoxy) is 1. The summed E-state index contributed by atoms with van der Waals surface area (Å²) in [5.41, 5.74) is 1.91. The van der Waals surface area contributed by atoms with Crippen molar-refractivity contribution < 1.29 is 19.7 Å². The van der Waals surface area contributed by atoms with Crippen LogP contribution >= 0.6 is 0 Å². The van der Waals surface area contributed by atoms with Crippen molar-refractivity contribution in [2.75, 3.05) is 6.61 Å². The normalized spacial score (nSPS) is 31.2. The van der Waals surface area contributed by atoms with Crippen LogP contribution in [0.5, 0.6) is 5.75 Å². The third kappa shape index (κ3) is 3.10. The fraction of sp³-hybridized carbons (Fsp3) is 0.588. The van der Waals surface area contributed by atoms with Gasteiger partial charge < -0.3 is 20.3 Å². The molecule has 0 bridgehead atoms. The molecular formula is C17H23NO4. The zero-order chi connectivity index (χ0) is 15.7. The first-order valence-electron chi connectivity index (χ1n) is 7.95. The zero-order valence-corrected chi connectivity index (χ0v) is 12.8. The third-order valence-electron chi connectivity index (χ3n) is 4.76. The number of hydrogen-bond acceptors (Lipinski definition) is 4. The van der Waals surface area contributed by atoms with Crippen molar-refractivity contribution in [3.63, 3.8) is 0 Å². The van der Waals surface area contributed by atoms with Crippen LogP contribution in [0.3, 0.4) is 0 Å². The largest absolute Gasteiger partial charge is 0.491 e. The van der Waals surface area contributed by atoms with Crippen molar-refractivity contribution in [1.29, 1.82) is 0 Å². The van der Waals surface area contributed by atoms with Crippen molar-refractivity contribution in [3.05, 3.63) is 29.3 Å². The molecule has 1 aliphatic carbocycles. The lowest BCUT2D eigenvalue weighted by molar-refractivity contribution is -0.143. The molecule has 120 valence electrons. The smallest absolute Gasteiger partial charge is 0.306 e. The van der Waals surface area contributed by atoms with Crippen molar-refractivity contribution >= 4 is 5.97 Å². The number of hydrogen-bond donors (Lipinski definition) is 3. The molecule has 1 saturated carbocycles. The Balaban J connectivity index is 1.66. The van der Waals surface area contributed by atoms with E-state index in [1.165, 1.54) is 0 Å². The Kier molecular flexibility index (Phi) is 4.36. The van der Waals surface area contributed by atoms with Crippen molar-refractivity contribution in [1.82, 2.24) is 5.32 Å². The highest BCUT2D eigenvalue weighted by atomic mass is 16.5. The van der Waals surface area contributed by atoms with Crippen molar-refractivity contribution in [2.24, 2.45) is 5.92 Å². The lowest BCUT2D eigenvalue weighted by atomic mass is 9.85. The second-order valence-electron chi connectivity index (χ2n) is 6.47. The third-order valence-corrected chi connectivity index (χ3v) is 4.76. The molecule has 2 aliphatic rings. The fourth-order valence-corrected chi connectivity index (χ4v) is 3.51. The molecule has 1 aromatic rings. The number of aryl methyl sites for hydroxylation is 1. The summed E-state index contributed by atoms with van der Waals surface area (Å²) >= 11 is 0. The highest BCUT2D eigenvalue weighted by molar-refractivity contribution is 5.70. The minimum absolute atomic E-state index is 0.130. The van der Waals surface area contributed by atoms with E-state index in [0.717, 1.165) is 36.1 Å². The molecule has 1 aromatic carbocycles. The van der Waals surface area contributed by atoms with Gasteiger partial charge >= 0.3 is 5.97 Å². The summed E-state index contributed by atoms with van der Waals surface area (Å²) in [5, 5.41) is 23.1. The molecule has 0 aromatic heterocycles. The van der Waals surface area contributed by atoms with Crippen LogP contribution in [0.2, 0.25) is 0 Å². The summed E-state index contributed by atoms with van der Waals surface area (Å²) in [6.07, 6.45) is 2.62. The van der Waals surface area contributed by atoms with E-state index in [1.54, 1.807) is 0 Å². The minimum atomic E-state index is -0.715. The van der Waals surface area contributed by atoms with Crippen molar-refractivity contribution in [3.8, 4) is 5.75 Å². The average molecular weight is 305 g/mol. The summed E-state index contributed by atoms with van der Waals surface area (Å²) in [4.78, 5) is 11.2. The number of carbonyl (C=O) groups is 1. The maximum absolute atomic E-state index is 11.2. The Morgan fingerprint density at radius 3 is 2.95 bits per heavy atom. The minimum Gasteiger partial charge on any atom is -0.491 e. The van der Waals surface area contributed by atoms with E-state index in [0.29, 0.717) is 13.0 Å². The van der Waals surface area contributed by atoms with E-state index < -0.39 is 12.1 Å². The van der Waals surface area contributed by atoms with E-state index in [2.05, 4.69) is 5.32 Å². The van der Waals surface area contributed by atoms with Crippen LogP contribution in [0.4, 0.5) is 0 Å². The van der Waals surface area contributed by atoms with Crippen LogP contribution in [0, 0.1) is 12.8 Å². The molecule has 4 atom stereocenters. The van der Waals surface area contributed by atoms with Crippen LogP contribution in [-0.2, 0) is 4.79 Å². The summed E-state index contributed by atoms with van der Waals surface area (Å²) in [5.74, 6) is -0.242. The topological polar surface area (TPSA) is 78.8 Å². The molecule has 0 saturated heterocycles. The second-order valence-corrected chi connectivity index (χ2v) is 6.47. The van der Waals surface area contributed by atoms with Gasteiger partial charge in [-0.15, -0.1) is 0 Å². The summed E-state index contributed by atoms with van der Waals surface area (Å²) < 4.78 is 5.76. The monoisotopic (exact) mass is 305 g/mol. The van der Waals surface area contributed by atoms with Gasteiger partial charge in [0, 0.05) is 11.6 Å². The van der Waals surface area contributed by atoms with Gasteiger partial charge in [-0.05, 0) is 37.8 Å². The molecule has 0 spiro atoms. The molecule has 0 amide bonds. The molecule has 5 heteroatoms. The van der Waals surface area contributed by atoms with Gasteiger partial charge in [0.1, 0.15) is 18.5 Å². The van der Waals surface area contributed by atoms with Crippen molar-refractivity contribution in [2.45, 2.75) is 50.8 Å². The molecule has 22 heavy (non-hydrogen) atoms. The van der Waals surface area contributed by atoms with Gasteiger partial charge in [0.2, 0.25) is 0 Å². The standard InChI is InChI=1S/C17H23NO4/c1-10-5-6-13-15(7-10)22-9-14(16(13)19)18-12-4-2-3-11(8-12)17(20)21/h5-7,11-12,14,16,18-19H,2-4,8-9H2,1H3,(H,20,21). The van der Waals surface area contributed by atoms with Crippen LogP contribution in [-0.4, -0.2) is 34.9 Å². The Bertz CT molecular complexity index is 560. The van der Waals surface area contributed by atoms with Gasteiger partial charge in [0.15, 0.2) is 0 Å². The zero-order valence-electron chi connectivity index (χ0n) is 12.8. The molecule has 1 heterocycles. The maximum Gasteiger partial charge on any atom is 0.306 e. The first-order chi connectivity index (χ1) is 10.5. The van der Waals surface area contributed by atoms with Gasteiger partial charge in [0.25, 0.3) is 0 Å². The number of rotatable bonds is 3. The predicted molar refractivity (Wildman–Crippen MR) is 81.9 cm³/mol. The number of fused-ring (bicyclic) bond motifs is 1. The van der Waals surface area contributed by atoms with Gasteiger partial charge in [-0.1, -0.05) is 18.6 Å². The van der Waals surface area contributed by atoms with E-state index in [9.17, 15) is 9.90 Å².